The van der Waals surface area contributed by atoms with Crippen LogP contribution in [-0.4, -0.2) is 124 Å². The minimum absolute atomic E-state index is 0. The van der Waals surface area contributed by atoms with Gasteiger partial charge in [0, 0.05) is 63.4 Å². The Labute approximate surface area is 258 Å². The van der Waals surface area contributed by atoms with Crippen molar-refractivity contribution in [1.82, 2.24) is 19.7 Å². The van der Waals surface area contributed by atoms with Crippen LogP contribution in [0.2, 0.25) is 0 Å². The van der Waals surface area contributed by atoms with Crippen LogP contribution in [0.5, 0.6) is 0 Å². The molecule has 2 bridgehead atoms. The van der Waals surface area contributed by atoms with E-state index in [4.69, 9.17) is 27.3 Å². The minimum atomic E-state index is -0.894. The van der Waals surface area contributed by atoms with E-state index in [0.29, 0.717) is 58.7 Å². The summed E-state index contributed by atoms with van der Waals surface area (Å²) in [5.74, 6) is -1.79. The Kier molecular flexibility index (Phi) is 26.5. The zero-order chi connectivity index (χ0) is 26.2. The van der Waals surface area contributed by atoms with Crippen molar-refractivity contribution in [3.8, 4) is 0 Å². The molecule has 2 heterocycles. The molecule has 1 radical (unpaired) electrons. The first-order valence-corrected chi connectivity index (χ1v) is 12.0. The molecule has 15 heteroatoms. The Morgan fingerprint density at radius 3 is 1.63 bits per heavy atom. The van der Waals surface area contributed by atoms with Crippen molar-refractivity contribution < 1.29 is 77.0 Å². The molecule has 0 fully saturated rings. The number of fused-ring (bicyclic) bond motifs is 2. The van der Waals surface area contributed by atoms with E-state index >= 15 is 0 Å². The number of nitrogens with two attached hydrogens (primary N) is 3. The summed E-state index contributed by atoms with van der Waals surface area (Å²) in [5.41, 5.74) is 18.6. The van der Waals surface area contributed by atoms with Crippen LogP contribution in [0.4, 0.5) is 0 Å². The van der Waals surface area contributed by atoms with Crippen LogP contribution in [0.25, 0.3) is 0 Å². The van der Waals surface area contributed by atoms with Gasteiger partial charge in [-0.05, 0) is 57.6 Å². The van der Waals surface area contributed by atoms with Gasteiger partial charge in [-0.25, -0.2) is 0 Å². The van der Waals surface area contributed by atoms with Gasteiger partial charge in [-0.1, -0.05) is 6.07 Å². The van der Waals surface area contributed by atoms with Crippen molar-refractivity contribution in [3.05, 3.63) is 29.6 Å². The van der Waals surface area contributed by atoms with Gasteiger partial charge in [-0.15, -0.1) is 0 Å². The third-order valence-electron chi connectivity index (χ3n) is 6.01. The van der Waals surface area contributed by atoms with Crippen LogP contribution in [0.15, 0.2) is 18.2 Å². The van der Waals surface area contributed by atoms with Crippen LogP contribution in [-0.2, 0) is 39.7 Å². The van der Waals surface area contributed by atoms with Crippen LogP contribution < -0.4 is 46.8 Å². The van der Waals surface area contributed by atoms with E-state index in [1.165, 1.54) is 0 Å². The summed E-state index contributed by atoms with van der Waals surface area (Å²) in [5, 5.41) is 26.6. The fraction of sp³-hybridized carbons (Fsp3) is 0.696. The van der Waals surface area contributed by atoms with Crippen molar-refractivity contribution in [1.29, 1.82) is 0 Å². The summed E-state index contributed by atoms with van der Waals surface area (Å²) in [7, 11) is 1.00. The van der Waals surface area contributed by atoms with Gasteiger partial charge in [-0.3, -0.25) is 24.4 Å². The number of aliphatic hydroxyl groups excluding tert-OH is 1. The van der Waals surface area contributed by atoms with Gasteiger partial charge in [0.05, 0.1) is 11.4 Å². The van der Waals surface area contributed by atoms with Gasteiger partial charge in [0.2, 0.25) is 0 Å². The quantitative estimate of drug-likeness (QED) is 0.133. The molecular formula is C23H44MnN7NaO6. The molecule has 215 valence electrons. The first-order chi connectivity index (χ1) is 16.9. The largest absolute Gasteiger partial charge is 1.00 e. The van der Waals surface area contributed by atoms with Gasteiger partial charge >= 0.3 is 41.5 Å². The summed E-state index contributed by atoms with van der Waals surface area (Å²) in [6.45, 7) is 4.94. The average Bonchev–Trinajstić information content (AvgIpc) is 2.84. The molecule has 1 aromatic heterocycles. The number of hydrogen-bond donors (Lipinski definition) is 6. The maximum absolute atomic E-state index is 12.0. The first kappa shape index (κ1) is 41.8. The molecule has 10 N–H and O–H groups in total. The molecule has 1 aromatic rings. The normalized spacial score (nSPS) is 16.4. The number of carboxylic acids is 2. The number of pyridine rings is 1. The Morgan fingerprint density at radius 2 is 1.29 bits per heavy atom. The molecule has 2 unspecified atom stereocenters. The Bertz CT molecular complexity index is 717. The molecule has 38 heavy (non-hydrogen) atoms. The van der Waals surface area contributed by atoms with Crippen LogP contribution >= 0.6 is 0 Å². The number of carboxylic acid groups (broad SMARTS) is 2. The van der Waals surface area contributed by atoms with E-state index in [2.05, 4.69) is 4.90 Å². The molecular weight excluding hydrogens is 548 g/mol. The summed E-state index contributed by atoms with van der Waals surface area (Å²) in [4.78, 5) is 34.7. The van der Waals surface area contributed by atoms with Crippen molar-refractivity contribution >= 4 is 11.9 Å². The van der Waals surface area contributed by atoms with Crippen molar-refractivity contribution in [3.63, 3.8) is 0 Å². The van der Waals surface area contributed by atoms with Gasteiger partial charge in [0.25, 0.3) is 0 Å². The van der Waals surface area contributed by atoms with E-state index in [1.54, 1.807) is 0 Å². The second kappa shape index (κ2) is 24.1. The van der Waals surface area contributed by atoms with Crippen molar-refractivity contribution in [2.75, 3.05) is 59.5 Å². The fourth-order valence-corrected chi connectivity index (χ4v) is 4.24. The third kappa shape index (κ3) is 14.6. The molecule has 0 saturated heterocycles. The van der Waals surface area contributed by atoms with E-state index in [9.17, 15) is 19.8 Å². The maximum Gasteiger partial charge on any atom is 1.00 e. The number of rotatable bonds is 11. The Balaban J connectivity index is -0.00000239. The number of hydrogen-bond acceptors (Lipinski definition) is 11. The average molecular weight is 593 g/mol. The Hall–Kier alpha value is -0.711. The van der Waals surface area contributed by atoms with Crippen LogP contribution in [0.1, 0.15) is 30.7 Å². The van der Waals surface area contributed by atoms with Crippen LogP contribution in [0.3, 0.4) is 0 Å². The first-order valence-electron chi connectivity index (χ1n) is 12.0. The van der Waals surface area contributed by atoms with Gasteiger partial charge in [0.15, 0.2) is 0 Å². The predicted molar refractivity (Wildman–Crippen MR) is 135 cm³/mol. The number of aliphatic hydroxyl groups is 1. The summed E-state index contributed by atoms with van der Waals surface area (Å²) < 4.78 is 0. The topological polar surface area (TPSA) is 226 Å². The minimum Gasteiger partial charge on any atom is -0.870 e. The molecule has 0 aliphatic carbocycles. The maximum atomic E-state index is 12.0. The monoisotopic (exact) mass is 592 g/mol. The molecule has 1 aliphatic rings. The number of nitrogens with zero attached hydrogens (tertiary/aromatic N) is 4. The van der Waals surface area contributed by atoms with E-state index in [1.807, 2.05) is 28.0 Å². The van der Waals surface area contributed by atoms with E-state index in [0.717, 1.165) is 31.5 Å². The SMILES string of the molecule is CO.NCCCN1CCN(C(CCN)C(=O)O)Cc2cccc(n2)CN(C(CCN)C(=O)O)CC1.[Mn].[Na+].[OH-]. The van der Waals surface area contributed by atoms with Crippen molar-refractivity contribution in [2.45, 2.75) is 44.4 Å². The van der Waals surface area contributed by atoms with Gasteiger partial charge < -0.3 is 42.9 Å². The molecule has 13 nitrogen and oxygen atoms in total. The number of aromatic nitrogens is 1. The number of carbonyl (C=O) groups is 2. The van der Waals surface area contributed by atoms with Crippen molar-refractivity contribution in [2.24, 2.45) is 17.2 Å². The summed E-state index contributed by atoms with van der Waals surface area (Å²) in [6, 6.07) is 4.23. The summed E-state index contributed by atoms with van der Waals surface area (Å²) >= 11 is 0. The smallest absolute Gasteiger partial charge is 0.870 e. The fourth-order valence-electron chi connectivity index (χ4n) is 4.24. The van der Waals surface area contributed by atoms with Gasteiger partial charge in [0.1, 0.15) is 12.1 Å². The standard InChI is InChI=1S/C22H39N7O4.CH4O.Mn.Na.H2O/c23-7-2-10-27-11-13-28(19(5-8-24)21(30)31)15-17-3-1-4-18(26-17)16-29(14-12-27)20(6-9-25)22(32)33;1-2;;;/h1,3-4,19-20H,2,5-16,23-25H2,(H,30,31)(H,32,33);2H,1H3;;;1H2/q;;;+1;/p-1. The zero-order valence-corrected chi connectivity index (χ0v) is 25.8. The molecule has 0 saturated carbocycles. The second-order valence-electron chi connectivity index (χ2n) is 8.41. The third-order valence-corrected chi connectivity index (χ3v) is 6.01. The van der Waals surface area contributed by atoms with Crippen LogP contribution in [0, 0.1) is 0 Å². The molecule has 0 spiro atoms. The zero-order valence-electron chi connectivity index (χ0n) is 22.6. The molecule has 2 rings (SSSR count). The van der Waals surface area contributed by atoms with Gasteiger partial charge in [-0.2, -0.15) is 0 Å². The molecule has 1 aliphatic heterocycles. The predicted octanol–water partition coefficient (Wildman–Crippen LogP) is -4.61. The van der Waals surface area contributed by atoms with E-state index in [-0.39, 0.29) is 65.2 Å². The molecule has 0 amide bonds. The summed E-state index contributed by atoms with van der Waals surface area (Å²) in [6.07, 6.45) is 1.51. The number of aliphatic carboxylic acids is 2. The second-order valence-corrected chi connectivity index (χ2v) is 8.41. The molecule has 0 aromatic carbocycles. The Morgan fingerprint density at radius 1 is 0.868 bits per heavy atom. The van der Waals surface area contributed by atoms with E-state index < -0.39 is 24.0 Å². The molecule has 2 atom stereocenters.